The molecule has 0 aliphatic rings. The molecule has 0 fully saturated rings. The molecule has 2 rings (SSSR count). The summed E-state index contributed by atoms with van der Waals surface area (Å²) in [6.07, 6.45) is 0.612. The van der Waals surface area contributed by atoms with Crippen LogP contribution in [0.2, 0.25) is 0 Å². The lowest BCUT2D eigenvalue weighted by Gasteiger charge is -2.02. The van der Waals surface area contributed by atoms with Crippen LogP contribution >= 0.6 is 0 Å². The molecular formula is C13H12N2O4. The lowest BCUT2D eigenvalue weighted by Crippen LogP contribution is -2.15. The second-order valence-corrected chi connectivity index (χ2v) is 3.91. The number of para-hydroxylation sites is 2. The number of oxazole rings is 1. The van der Waals surface area contributed by atoms with Crippen molar-refractivity contribution in [1.29, 1.82) is 5.26 Å². The van der Waals surface area contributed by atoms with Gasteiger partial charge >= 0.3 is 11.7 Å². The van der Waals surface area contributed by atoms with Gasteiger partial charge in [-0.25, -0.2) is 4.79 Å². The van der Waals surface area contributed by atoms with E-state index in [0.717, 1.165) is 0 Å². The van der Waals surface area contributed by atoms with Crippen molar-refractivity contribution in [1.82, 2.24) is 4.57 Å². The number of carbonyl (C=O) groups excluding carboxylic acids is 1. The number of aryl methyl sites for hydroxylation is 1. The fourth-order valence-electron chi connectivity index (χ4n) is 1.79. The van der Waals surface area contributed by atoms with Crippen molar-refractivity contribution in [3.05, 3.63) is 34.8 Å². The fraction of sp³-hybridized carbons (Fsp3) is 0.308. The predicted molar refractivity (Wildman–Crippen MR) is 66.3 cm³/mol. The van der Waals surface area contributed by atoms with Crippen molar-refractivity contribution in [2.75, 3.05) is 6.61 Å². The number of hydrogen-bond donors (Lipinski definition) is 0. The van der Waals surface area contributed by atoms with Gasteiger partial charge in [-0.1, -0.05) is 12.1 Å². The van der Waals surface area contributed by atoms with E-state index in [1.807, 2.05) is 6.07 Å². The predicted octanol–water partition coefficient (Wildman–Crippen LogP) is 1.44. The first kappa shape index (κ1) is 12.9. The fourth-order valence-corrected chi connectivity index (χ4v) is 1.79. The second kappa shape index (κ2) is 5.87. The average Bonchev–Trinajstić information content (AvgIpc) is 2.73. The van der Waals surface area contributed by atoms with Crippen molar-refractivity contribution in [3.8, 4) is 6.07 Å². The monoisotopic (exact) mass is 260 g/mol. The van der Waals surface area contributed by atoms with Crippen LogP contribution in [-0.2, 0) is 16.1 Å². The Kier molecular flexibility index (Phi) is 3.98. The lowest BCUT2D eigenvalue weighted by atomic mass is 10.3. The molecule has 0 amide bonds. The van der Waals surface area contributed by atoms with Crippen LogP contribution in [0.4, 0.5) is 0 Å². The Hall–Kier alpha value is -2.55. The van der Waals surface area contributed by atoms with Gasteiger partial charge in [-0.3, -0.25) is 9.36 Å². The number of nitrogens with zero attached hydrogens (tertiary/aromatic N) is 2. The van der Waals surface area contributed by atoms with Gasteiger partial charge in [-0.05, 0) is 18.6 Å². The van der Waals surface area contributed by atoms with E-state index in [4.69, 9.17) is 9.68 Å². The Labute approximate surface area is 108 Å². The molecule has 98 valence electrons. The minimum atomic E-state index is -0.442. The van der Waals surface area contributed by atoms with Gasteiger partial charge in [0.05, 0.1) is 5.52 Å². The molecule has 0 saturated heterocycles. The highest BCUT2D eigenvalue weighted by Gasteiger charge is 2.09. The van der Waals surface area contributed by atoms with Gasteiger partial charge in [0.15, 0.2) is 12.2 Å². The van der Waals surface area contributed by atoms with Crippen molar-refractivity contribution in [2.24, 2.45) is 0 Å². The standard InChI is InChI=1S/C13H12N2O4/c14-7-9-18-12(16)6-3-8-15-10-4-1-2-5-11(10)19-13(15)17/h1-2,4-5H,3,6,8-9H2. The summed E-state index contributed by atoms with van der Waals surface area (Å²) in [6.45, 7) is 0.130. The van der Waals surface area contributed by atoms with Crippen molar-refractivity contribution >= 4 is 17.1 Å². The maximum absolute atomic E-state index is 11.6. The van der Waals surface area contributed by atoms with Crippen molar-refractivity contribution in [2.45, 2.75) is 19.4 Å². The topological polar surface area (TPSA) is 85.2 Å². The molecule has 0 unspecified atom stereocenters. The van der Waals surface area contributed by atoms with E-state index >= 15 is 0 Å². The number of esters is 1. The van der Waals surface area contributed by atoms with E-state index in [1.165, 1.54) is 4.57 Å². The third kappa shape index (κ3) is 3.01. The summed E-state index contributed by atoms with van der Waals surface area (Å²) >= 11 is 0. The zero-order valence-electron chi connectivity index (χ0n) is 10.2. The molecule has 1 aromatic carbocycles. The van der Waals surface area contributed by atoms with Crippen LogP contribution in [0, 0.1) is 11.3 Å². The third-order valence-electron chi connectivity index (χ3n) is 2.63. The Morgan fingerprint density at radius 1 is 1.42 bits per heavy atom. The summed E-state index contributed by atoms with van der Waals surface area (Å²) in [5.74, 6) is -0.881. The smallest absolute Gasteiger partial charge is 0.419 e. The minimum Gasteiger partial charge on any atom is -0.450 e. The summed E-state index contributed by atoms with van der Waals surface area (Å²) < 4.78 is 11.2. The molecule has 0 N–H and O–H groups in total. The highest BCUT2D eigenvalue weighted by atomic mass is 16.5. The first-order valence-corrected chi connectivity index (χ1v) is 5.83. The molecule has 2 aromatic rings. The second-order valence-electron chi connectivity index (χ2n) is 3.91. The van der Waals surface area contributed by atoms with E-state index in [2.05, 4.69) is 4.74 Å². The van der Waals surface area contributed by atoms with Crippen LogP contribution in [0.5, 0.6) is 0 Å². The Morgan fingerprint density at radius 2 is 2.21 bits per heavy atom. The first-order chi connectivity index (χ1) is 9.22. The summed E-state index contributed by atoms with van der Waals surface area (Å²) in [5, 5.41) is 8.26. The molecule has 6 nitrogen and oxygen atoms in total. The van der Waals surface area contributed by atoms with Crippen LogP contribution in [0.15, 0.2) is 33.5 Å². The van der Waals surface area contributed by atoms with Gasteiger partial charge < -0.3 is 9.15 Å². The lowest BCUT2D eigenvalue weighted by molar-refractivity contribution is -0.142. The quantitative estimate of drug-likeness (QED) is 0.759. The number of fused-ring (bicyclic) bond motifs is 1. The number of aromatic nitrogens is 1. The Balaban J connectivity index is 1.99. The van der Waals surface area contributed by atoms with Gasteiger partial charge in [0, 0.05) is 13.0 Å². The van der Waals surface area contributed by atoms with Gasteiger partial charge in [-0.15, -0.1) is 0 Å². The molecule has 0 spiro atoms. The summed E-state index contributed by atoms with van der Waals surface area (Å²) in [6, 6.07) is 8.83. The molecular weight excluding hydrogens is 248 g/mol. The van der Waals surface area contributed by atoms with Crippen molar-refractivity contribution in [3.63, 3.8) is 0 Å². The van der Waals surface area contributed by atoms with E-state index in [9.17, 15) is 9.59 Å². The molecule has 0 atom stereocenters. The molecule has 0 aliphatic carbocycles. The van der Waals surface area contributed by atoms with Crippen LogP contribution in [0.25, 0.3) is 11.1 Å². The zero-order chi connectivity index (χ0) is 13.7. The summed E-state index contributed by atoms with van der Waals surface area (Å²) in [5.41, 5.74) is 1.23. The normalized spacial score (nSPS) is 10.3. The average molecular weight is 260 g/mol. The molecule has 0 aliphatic heterocycles. The third-order valence-corrected chi connectivity index (χ3v) is 2.63. The molecule has 19 heavy (non-hydrogen) atoms. The number of nitriles is 1. The number of benzene rings is 1. The Morgan fingerprint density at radius 3 is 3.00 bits per heavy atom. The number of ether oxygens (including phenoxy) is 1. The molecule has 0 radical (unpaired) electrons. The van der Waals surface area contributed by atoms with E-state index < -0.39 is 11.7 Å². The Bertz CT molecular complexity index is 678. The molecule has 1 aromatic heterocycles. The van der Waals surface area contributed by atoms with E-state index in [0.29, 0.717) is 24.1 Å². The van der Waals surface area contributed by atoms with E-state index in [1.54, 1.807) is 24.3 Å². The molecule has 1 heterocycles. The van der Waals surface area contributed by atoms with E-state index in [-0.39, 0.29) is 13.0 Å². The van der Waals surface area contributed by atoms with Crippen LogP contribution < -0.4 is 5.76 Å². The van der Waals surface area contributed by atoms with Gasteiger partial charge in [0.25, 0.3) is 0 Å². The molecule has 6 heteroatoms. The SMILES string of the molecule is N#CCOC(=O)CCCn1c(=O)oc2ccccc21. The summed E-state index contributed by atoms with van der Waals surface area (Å²) in [7, 11) is 0. The van der Waals surface area contributed by atoms with Crippen LogP contribution in [0.1, 0.15) is 12.8 Å². The highest BCUT2D eigenvalue weighted by molar-refractivity contribution is 5.72. The van der Waals surface area contributed by atoms with Gasteiger partial charge in [0.1, 0.15) is 6.07 Å². The first-order valence-electron chi connectivity index (χ1n) is 5.83. The number of carbonyl (C=O) groups is 1. The van der Waals surface area contributed by atoms with Gasteiger partial charge in [0.2, 0.25) is 0 Å². The minimum absolute atomic E-state index is 0.160. The largest absolute Gasteiger partial charge is 0.450 e. The van der Waals surface area contributed by atoms with Crippen molar-refractivity contribution < 1.29 is 13.9 Å². The maximum atomic E-state index is 11.6. The summed E-state index contributed by atoms with van der Waals surface area (Å²) in [4.78, 5) is 22.8. The highest BCUT2D eigenvalue weighted by Crippen LogP contribution is 2.12. The number of rotatable bonds is 5. The van der Waals surface area contributed by atoms with Crippen LogP contribution in [0.3, 0.4) is 0 Å². The van der Waals surface area contributed by atoms with Crippen LogP contribution in [-0.4, -0.2) is 17.1 Å². The number of hydrogen-bond acceptors (Lipinski definition) is 5. The zero-order valence-corrected chi connectivity index (χ0v) is 10.2. The maximum Gasteiger partial charge on any atom is 0.419 e. The van der Waals surface area contributed by atoms with Gasteiger partial charge in [-0.2, -0.15) is 5.26 Å². The molecule has 0 bridgehead atoms. The molecule has 0 saturated carbocycles.